The SMILES string of the molecule is C[C@H]1CN(C(=O)COc2ccccc2OCC(F)(F)F)C[C@H](C)N1. The van der Waals surface area contributed by atoms with Gasteiger partial charge in [-0.15, -0.1) is 0 Å². The van der Waals surface area contributed by atoms with Crippen molar-refractivity contribution in [2.24, 2.45) is 0 Å². The molecule has 24 heavy (non-hydrogen) atoms. The van der Waals surface area contributed by atoms with Gasteiger partial charge in [0, 0.05) is 25.2 Å². The third-order valence-corrected chi connectivity index (χ3v) is 3.50. The molecule has 1 saturated heterocycles. The summed E-state index contributed by atoms with van der Waals surface area (Å²) in [5, 5.41) is 3.32. The first-order chi connectivity index (χ1) is 11.2. The predicted octanol–water partition coefficient (Wildman–Crippen LogP) is 2.22. The Hall–Kier alpha value is -1.96. The van der Waals surface area contributed by atoms with Crippen LogP contribution in [0, 0.1) is 0 Å². The number of carbonyl (C=O) groups is 1. The van der Waals surface area contributed by atoms with Crippen LogP contribution in [0.1, 0.15) is 13.8 Å². The maximum Gasteiger partial charge on any atom is 0.422 e. The van der Waals surface area contributed by atoms with E-state index in [4.69, 9.17) is 9.47 Å². The second kappa shape index (κ2) is 7.74. The number of rotatable bonds is 5. The molecule has 5 nitrogen and oxygen atoms in total. The van der Waals surface area contributed by atoms with Gasteiger partial charge in [0.05, 0.1) is 0 Å². The quantitative estimate of drug-likeness (QED) is 0.888. The second-order valence-electron chi connectivity index (χ2n) is 5.91. The van der Waals surface area contributed by atoms with E-state index in [1.807, 2.05) is 13.8 Å². The highest BCUT2D eigenvalue weighted by atomic mass is 19.4. The molecular weight excluding hydrogens is 325 g/mol. The summed E-state index contributed by atoms with van der Waals surface area (Å²) in [4.78, 5) is 13.9. The maximum absolute atomic E-state index is 12.3. The van der Waals surface area contributed by atoms with Crippen molar-refractivity contribution in [2.45, 2.75) is 32.1 Å². The molecule has 0 unspecified atom stereocenters. The minimum atomic E-state index is -4.43. The van der Waals surface area contributed by atoms with Gasteiger partial charge in [0.25, 0.3) is 5.91 Å². The molecule has 0 spiro atoms. The van der Waals surface area contributed by atoms with Crippen LogP contribution in [0.3, 0.4) is 0 Å². The zero-order valence-corrected chi connectivity index (χ0v) is 13.6. The number of piperazine rings is 1. The molecule has 0 aromatic heterocycles. The molecule has 134 valence electrons. The van der Waals surface area contributed by atoms with Gasteiger partial charge < -0.3 is 19.7 Å². The van der Waals surface area contributed by atoms with Crippen molar-refractivity contribution in [3.05, 3.63) is 24.3 Å². The highest BCUT2D eigenvalue weighted by molar-refractivity contribution is 5.78. The first kappa shape index (κ1) is 18.4. The summed E-state index contributed by atoms with van der Waals surface area (Å²) in [7, 11) is 0. The molecule has 1 fully saturated rings. The van der Waals surface area contributed by atoms with Gasteiger partial charge in [0.1, 0.15) is 0 Å². The van der Waals surface area contributed by atoms with Gasteiger partial charge in [0.15, 0.2) is 24.7 Å². The molecule has 0 radical (unpaired) electrons. The summed E-state index contributed by atoms with van der Waals surface area (Å²) in [6.45, 7) is 3.45. The number of amides is 1. The van der Waals surface area contributed by atoms with E-state index in [1.165, 1.54) is 12.1 Å². The molecule has 1 aliphatic heterocycles. The van der Waals surface area contributed by atoms with Crippen molar-refractivity contribution in [2.75, 3.05) is 26.3 Å². The van der Waals surface area contributed by atoms with Gasteiger partial charge in [-0.2, -0.15) is 13.2 Å². The fourth-order valence-electron chi connectivity index (χ4n) is 2.61. The maximum atomic E-state index is 12.3. The Morgan fingerprint density at radius 2 is 1.71 bits per heavy atom. The lowest BCUT2D eigenvalue weighted by atomic mass is 10.1. The highest BCUT2D eigenvalue weighted by Crippen LogP contribution is 2.28. The van der Waals surface area contributed by atoms with Crippen LogP contribution >= 0.6 is 0 Å². The van der Waals surface area contributed by atoms with Crippen LogP contribution in [-0.2, 0) is 4.79 Å². The van der Waals surface area contributed by atoms with E-state index in [0.29, 0.717) is 13.1 Å². The Labute approximate surface area is 138 Å². The van der Waals surface area contributed by atoms with Gasteiger partial charge in [-0.1, -0.05) is 12.1 Å². The fraction of sp³-hybridized carbons (Fsp3) is 0.562. The predicted molar refractivity (Wildman–Crippen MR) is 82.1 cm³/mol. The van der Waals surface area contributed by atoms with Crippen LogP contribution in [-0.4, -0.2) is 55.4 Å². The Morgan fingerprint density at radius 1 is 1.17 bits per heavy atom. The first-order valence-electron chi connectivity index (χ1n) is 7.70. The van der Waals surface area contributed by atoms with Gasteiger partial charge in [0.2, 0.25) is 0 Å². The monoisotopic (exact) mass is 346 g/mol. The van der Waals surface area contributed by atoms with Crippen LogP contribution in [0.25, 0.3) is 0 Å². The Balaban J connectivity index is 1.93. The largest absolute Gasteiger partial charge is 0.480 e. The van der Waals surface area contributed by atoms with Crippen molar-refractivity contribution in [1.82, 2.24) is 10.2 Å². The molecule has 1 heterocycles. The summed E-state index contributed by atoms with van der Waals surface area (Å²) in [6.07, 6.45) is -4.43. The molecule has 1 N–H and O–H groups in total. The van der Waals surface area contributed by atoms with E-state index in [9.17, 15) is 18.0 Å². The third kappa shape index (κ3) is 5.59. The van der Waals surface area contributed by atoms with E-state index in [0.717, 1.165) is 0 Å². The summed E-state index contributed by atoms with van der Waals surface area (Å²) < 4.78 is 46.9. The topological polar surface area (TPSA) is 50.8 Å². The minimum absolute atomic E-state index is 0.0373. The van der Waals surface area contributed by atoms with E-state index in [-0.39, 0.29) is 36.1 Å². The smallest absolute Gasteiger partial charge is 0.422 e. The lowest BCUT2D eigenvalue weighted by molar-refractivity contribution is -0.153. The molecule has 1 aromatic rings. The summed E-state index contributed by atoms with van der Waals surface area (Å²) in [6, 6.07) is 6.36. The Kier molecular flexibility index (Phi) is 5.93. The van der Waals surface area contributed by atoms with Gasteiger partial charge in [-0.05, 0) is 26.0 Å². The van der Waals surface area contributed by atoms with E-state index in [1.54, 1.807) is 17.0 Å². The number of nitrogens with zero attached hydrogens (tertiary/aromatic N) is 1. The number of para-hydroxylation sites is 2. The molecule has 0 aliphatic carbocycles. The molecule has 8 heteroatoms. The number of hydrogen-bond donors (Lipinski definition) is 1. The Bertz CT molecular complexity index is 556. The lowest BCUT2D eigenvalue weighted by Crippen LogP contribution is -2.56. The van der Waals surface area contributed by atoms with Crippen LogP contribution in [0.5, 0.6) is 11.5 Å². The number of nitrogens with one attached hydrogen (secondary N) is 1. The van der Waals surface area contributed by atoms with Crippen LogP contribution in [0.2, 0.25) is 0 Å². The summed E-state index contributed by atoms with van der Waals surface area (Å²) in [5.74, 6) is -0.128. The van der Waals surface area contributed by atoms with Crippen molar-refractivity contribution in [3.63, 3.8) is 0 Å². The van der Waals surface area contributed by atoms with E-state index in [2.05, 4.69) is 5.32 Å². The second-order valence-corrected chi connectivity index (χ2v) is 5.91. The molecule has 2 atom stereocenters. The van der Waals surface area contributed by atoms with Crippen molar-refractivity contribution >= 4 is 5.91 Å². The summed E-state index contributed by atoms with van der Waals surface area (Å²) >= 11 is 0. The molecule has 0 saturated carbocycles. The van der Waals surface area contributed by atoms with Crippen molar-refractivity contribution < 1.29 is 27.4 Å². The molecule has 1 aliphatic rings. The number of halogens is 3. The number of ether oxygens (including phenoxy) is 2. The standard InChI is InChI=1S/C16H21F3N2O3/c1-11-7-21(8-12(2)20-11)15(22)9-23-13-5-3-4-6-14(13)24-10-16(17,18)19/h3-6,11-12,20H,7-10H2,1-2H3/t11-,12-/m0/s1. The zero-order valence-electron chi connectivity index (χ0n) is 13.6. The zero-order chi connectivity index (χ0) is 17.7. The van der Waals surface area contributed by atoms with Crippen LogP contribution in [0.15, 0.2) is 24.3 Å². The van der Waals surface area contributed by atoms with Crippen molar-refractivity contribution in [3.8, 4) is 11.5 Å². The van der Waals surface area contributed by atoms with Crippen LogP contribution < -0.4 is 14.8 Å². The fourth-order valence-corrected chi connectivity index (χ4v) is 2.61. The Morgan fingerprint density at radius 3 is 2.25 bits per heavy atom. The number of alkyl halides is 3. The number of carbonyl (C=O) groups excluding carboxylic acids is 1. The van der Waals surface area contributed by atoms with Crippen LogP contribution in [0.4, 0.5) is 13.2 Å². The highest BCUT2D eigenvalue weighted by Gasteiger charge is 2.29. The van der Waals surface area contributed by atoms with E-state index >= 15 is 0 Å². The molecule has 0 bridgehead atoms. The van der Waals surface area contributed by atoms with Gasteiger partial charge in [-0.3, -0.25) is 4.79 Å². The average molecular weight is 346 g/mol. The lowest BCUT2D eigenvalue weighted by Gasteiger charge is -2.36. The normalized spacial score (nSPS) is 21.5. The third-order valence-electron chi connectivity index (χ3n) is 3.50. The average Bonchev–Trinajstić information content (AvgIpc) is 2.49. The first-order valence-corrected chi connectivity index (χ1v) is 7.70. The minimum Gasteiger partial charge on any atom is -0.480 e. The summed E-state index contributed by atoms with van der Waals surface area (Å²) in [5.41, 5.74) is 0. The molecule has 2 rings (SSSR count). The molecule has 1 amide bonds. The van der Waals surface area contributed by atoms with Gasteiger partial charge >= 0.3 is 6.18 Å². The number of benzene rings is 1. The van der Waals surface area contributed by atoms with E-state index < -0.39 is 12.8 Å². The molecular formula is C16H21F3N2O3. The molecule has 1 aromatic carbocycles. The van der Waals surface area contributed by atoms with Gasteiger partial charge in [-0.25, -0.2) is 0 Å². The number of hydrogen-bond acceptors (Lipinski definition) is 4. The van der Waals surface area contributed by atoms with Crippen molar-refractivity contribution in [1.29, 1.82) is 0 Å².